The lowest BCUT2D eigenvalue weighted by molar-refractivity contribution is -0.115. The normalized spacial score (nSPS) is 19.5. The Hall–Kier alpha value is -2.74. The molecule has 0 saturated carbocycles. The lowest BCUT2D eigenvalue weighted by Crippen LogP contribution is -2.32. The Morgan fingerprint density at radius 1 is 0.955 bits per heavy atom. The van der Waals surface area contributed by atoms with Crippen LogP contribution in [0.15, 0.2) is 48.6 Å². The summed E-state index contributed by atoms with van der Waals surface area (Å²) in [6.07, 6.45) is 6.41. The number of carbonyl (C=O) groups excluding carboxylic acids is 2. The molecule has 1 atom stereocenters. The predicted molar refractivity (Wildman–Crippen MR) is 87.0 cm³/mol. The Morgan fingerprint density at radius 3 is 2.55 bits per heavy atom. The molecule has 2 heteroatoms. The van der Waals surface area contributed by atoms with Gasteiger partial charge in [-0.3, -0.25) is 9.59 Å². The van der Waals surface area contributed by atoms with Gasteiger partial charge >= 0.3 is 0 Å². The monoisotopic (exact) mass is 284 g/mol. The van der Waals surface area contributed by atoms with Crippen LogP contribution in [0.4, 0.5) is 0 Å². The molecule has 2 nitrogen and oxygen atoms in total. The molecule has 104 valence electrons. The lowest BCUT2D eigenvalue weighted by Gasteiger charge is -2.26. The zero-order valence-corrected chi connectivity index (χ0v) is 11.8. The fraction of sp³-hybridized carbons (Fsp3) is 0.100. The lowest BCUT2D eigenvalue weighted by atomic mass is 9.75. The average molecular weight is 284 g/mol. The zero-order chi connectivity index (χ0) is 14.8. The van der Waals surface area contributed by atoms with Crippen molar-refractivity contribution in [3.63, 3.8) is 0 Å². The zero-order valence-electron chi connectivity index (χ0n) is 11.8. The molecule has 0 aliphatic heterocycles. The van der Waals surface area contributed by atoms with Crippen molar-refractivity contribution in [2.45, 2.75) is 12.3 Å². The third-order valence-electron chi connectivity index (χ3n) is 4.89. The maximum Gasteiger partial charge on any atom is 0.229 e. The summed E-state index contributed by atoms with van der Waals surface area (Å²) in [5.41, 5.74) is 1.67. The summed E-state index contributed by atoms with van der Waals surface area (Å²) in [6, 6.07) is 12.2. The molecule has 0 N–H and O–H groups in total. The predicted octanol–water partition coefficient (Wildman–Crippen LogP) is 3.30. The van der Waals surface area contributed by atoms with Crippen LogP contribution in [0.2, 0.25) is 0 Å². The van der Waals surface area contributed by atoms with Crippen LogP contribution in [0.3, 0.4) is 0 Å². The number of hydrogen-bond acceptors (Lipinski definition) is 2. The molecule has 3 aromatic rings. The van der Waals surface area contributed by atoms with Crippen molar-refractivity contribution in [1.29, 1.82) is 0 Å². The Bertz CT molecular complexity index is 1080. The minimum Gasteiger partial charge on any atom is -0.290 e. The molecular weight excluding hydrogens is 272 g/mol. The summed E-state index contributed by atoms with van der Waals surface area (Å²) >= 11 is 0. The Morgan fingerprint density at radius 2 is 1.73 bits per heavy atom. The van der Waals surface area contributed by atoms with Crippen LogP contribution in [0, 0.1) is 0 Å². The van der Waals surface area contributed by atoms with Gasteiger partial charge in [0.05, 0.1) is 0 Å². The first-order chi connectivity index (χ1) is 10.8. The van der Waals surface area contributed by atoms with Crippen molar-refractivity contribution in [2.75, 3.05) is 0 Å². The van der Waals surface area contributed by atoms with Crippen LogP contribution >= 0.6 is 0 Å². The summed E-state index contributed by atoms with van der Waals surface area (Å²) in [7, 11) is 0. The number of benzene rings is 3. The third kappa shape index (κ3) is 1.30. The summed E-state index contributed by atoms with van der Waals surface area (Å²) in [6.45, 7) is 0. The van der Waals surface area contributed by atoms with Gasteiger partial charge < -0.3 is 0 Å². The van der Waals surface area contributed by atoms with E-state index in [0.717, 1.165) is 26.9 Å². The number of carbonyl (C=O) groups is 2. The molecular formula is C20H12O2. The van der Waals surface area contributed by atoms with Crippen LogP contribution in [0.5, 0.6) is 0 Å². The van der Waals surface area contributed by atoms with Crippen molar-refractivity contribution in [2.24, 2.45) is 0 Å². The van der Waals surface area contributed by atoms with Crippen molar-refractivity contribution >= 4 is 39.2 Å². The van der Waals surface area contributed by atoms with E-state index in [1.165, 1.54) is 5.39 Å². The average Bonchev–Trinajstić information content (AvgIpc) is 2.55. The molecule has 1 unspecified atom stereocenters. The van der Waals surface area contributed by atoms with Crippen LogP contribution in [0.1, 0.15) is 28.3 Å². The SMILES string of the molecule is O=C1CC2C=CC=c3c2c(c2cccc4cccc3c42)C1=O. The molecule has 0 amide bonds. The number of allylic oxidation sites excluding steroid dienone is 2. The minimum atomic E-state index is -0.325. The van der Waals surface area contributed by atoms with Gasteiger partial charge in [-0.15, -0.1) is 0 Å². The van der Waals surface area contributed by atoms with Gasteiger partial charge in [-0.05, 0) is 32.3 Å². The molecule has 0 spiro atoms. The molecule has 0 radical (unpaired) electrons. The van der Waals surface area contributed by atoms with Gasteiger partial charge in [-0.25, -0.2) is 0 Å². The second-order valence-electron chi connectivity index (χ2n) is 6.03. The molecule has 22 heavy (non-hydrogen) atoms. The van der Waals surface area contributed by atoms with Gasteiger partial charge in [0, 0.05) is 17.9 Å². The third-order valence-corrected chi connectivity index (χ3v) is 4.89. The number of ketones is 2. The highest BCUT2D eigenvalue weighted by Crippen LogP contribution is 2.37. The maximum atomic E-state index is 12.6. The number of hydrogen-bond donors (Lipinski definition) is 0. The number of rotatable bonds is 0. The van der Waals surface area contributed by atoms with E-state index in [2.05, 4.69) is 30.3 Å². The molecule has 3 aromatic carbocycles. The van der Waals surface area contributed by atoms with Gasteiger partial charge in [-0.1, -0.05) is 54.6 Å². The van der Waals surface area contributed by atoms with Gasteiger partial charge in [-0.2, -0.15) is 0 Å². The minimum absolute atomic E-state index is 0.0313. The summed E-state index contributed by atoms with van der Waals surface area (Å²) in [5.74, 6) is -0.565. The smallest absolute Gasteiger partial charge is 0.229 e. The maximum absolute atomic E-state index is 12.6. The van der Waals surface area contributed by atoms with Crippen LogP contribution < -0.4 is 5.22 Å². The van der Waals surface area contributed by atoms with Crippen molar-refractivity contribution in [3.05, 3.63) is 64.9 Å². The molecule has 2 aliphatic rings. The van der Waals surface area contributed by atoms with E-state index in [0.29, 0.717) is 12.0 Å². The highest BCUT2D eigenvalue weighted by Gasteiger charge is 2.34. The first kappa shape index (κ1) is 11.9. The molecule has 0 aromatic heterocycles. The second kappa shape index (κ2) is 3.92. The highest BCUT2D eigenvalue weighted by atomic mass is 16.2. The molecule has 2 aliphatic carbocycles. The van der Waals surface area contributed by atoms with E-state index >= 15 is 0 Å². The molecule has 0 fully saturated rings. The first-order valence-corrected chi connectivity index (χ1v) is 7.49. The number of Topliss-reactive ketones (excluding diaryl/α,β-unsaturated/α-hetero) is 2. The van der Waals surface area contributed by atoms with Crippen molar-refractivity contribution < 1.29 is 9.59 Å². The fourth-order valence-electron chi connectivity index (χ4n) is 3.99. The summed E-state index contributed by atoms with van der Waals surface area (Å²) < 4.78 is 0. The highest BCUT2D eigenvalue weighted by molar-refractivity contribution is 6.48. The van der Waals surface area contributed by atoms with Gasteiger partial charge in [0.1, 0.15) is 0 Å². The molecule has 0 bridgehead atoms. The number of fused-ring (bicyclic) bond motifs is 2. The van der Waals surface area contributed by atoms with E-state index in [1.54, 1.807) is 0 Å². The molecule has 0 saturated heterocycles. The molecule has 0 heterocycles. The van der Waals surface area contributed by atoms with Gasteiger partial charge in [0.2, 0.25) is 11.6 Å². The van der Waals surface area contributed by atoms with Crippen LogP contribution in [0.25, 0.3) is 27.6 Å². The summed E-state index contributed by atoms with van der Waals surface area (Å²) in [4.78, 5) is 24.7. The van der Waals surface area contributed by atoms with E-state index in [4.69, 9.17) is 0 Å². The van der Waals surface area contributed by atoms with Gasteiger partial charge in [0.15, 0.2) is 0 Å². The van der Waals surface area contributed by atoms with E-state index in [9.17, 15) is 9.59 Å². The van der Waals surface area contributed by atoms with Crippen molar-refractivity contribution in [3.8, 4) is 0 Å². The van der Waals surface area contributed by atoms with E-state index < -0.39 is 0 Å². The van der Waals surface area contributed by atoms with Crippen LogP contribution in [-0.2, 0) is 4.79 Å². The van der Waals surface area contributed by atoms with Crippen molar-refractivity contribution in [1.82, 2.24) is 0 Å². The Kier molecular flexibility index (Phi) is 2.11. The quantitative estimate of drug-likeness (QED) is 0.594. The second-order valence-corrected chi connectivity index (χ2v) is 6.03. The fourth-order valence-corrected chi connectivity index (χ4v) is 3.99. The largest absolute Gasteiger partial charge is 0.290 e. The van der Waals surface area contributed by atoms with E-state index in [-0.39, 0.29) is 17.5 Å². The topological polar surface area (TPSA) is 34.1 Å². The van der Waals surface area contributed by atoms with Crippen LogP contribution in [-0.4, -0.2) is 11.6 Å². The standard InChI is InChI=1S/C20H12O2/c21-16-10-12-6-3-8-14-13-7-1-4-11-5-2-9-15(17(11)13)19(18(12)14)20(16)22/h1-9,12H,10H2. The molecule has 5 rings (SSSR count). The first-order valence-electron chi connectivity index (χ1n) is 7.49. The van der Waals surface area contributed by atoms with E-state index in [1.807, 2.05) is 24.3 Å². The summed E-state index contributed by atoms with van der Waals surface area (Å²) in [5, 5.41) is 5.39. The Labute approximate surface area is 126 Å². The Balaban J connectivity index is 2.16. The van der Waals surface area contributed by atoms with Gasteiger partial charge in [0.25, 0.3) is 0 Å².